The van der Waals surface area contributed by atoms with E-state index in [4.69, 9.17) is 0 Å². The first kappa shape index (κ1) is 11.7. The van der Waals surface area contributed by atoms with Gasteiger partial charge in [0, 0.05) is 0 Å². The molecule has 0 nitrogen and oxygen atoms in total. The Morgan fingerprint density at radius 3 is 1.30 bits per heavy atom. The van der Waals surface area contributed by atoms with E-state index in [-0.39, 0.29) is 0 Å². The Labute approximate surface area is 89.4 Å². The largest absolute Gasteiger partial charge is 0.404 e. The maximum Gasteiger partial charge on any atom is 0.404 e. The molecule has 0 saturated carbocycles. The highest BCUT2D eigenvalue weighted by Gasteiger charge is 2.48. The third kappa shape index (κ3) is 3.92. The molecule has 0 aromatic carbocycles. The van der Waals surface area contributed by atoms with Gasteiger partial charge in [-0.05, 0) is 0 Å². The summed E-state index contributed by atoms with van der Waals surface area (Å²) >= 11 is 10.7. The fourth-order valence-corrected chi connectivity index (χ4v) is 0.964. The third-order valence-corrected chi connectivity index (χ3v) is 5.00. The van der Waals surface area contributed by atoms with Gasteiger partial charge in [0.15, 0.2) is 2.14 Å². The van der Waals surface area contributed by atoms with Gasteiger partial charge in [-0.3, -0.25) is 0 Å². The molecule has 0 rings (SSSR count). The summed E-state index contributed by atoms with van der Waals surface area (Å²) in [4.78, 5) is -1.67. The smallest absolute Gasteiger partial charge is 0.170 e. The maximum atomic E-state index is 11.8. The second kappa shape index (κ2) is 3.62. The average Bonchev–Trinajstić information content (AvgIpc) is 1.59. The molecular formula is C3HBr4F3. The summed E-state index contributed by atoms with van der Waals surface area (Å²) < 4.78 is 34.1. The Hall–Kier alpha value is 1.71. The zero-order chi connectivity index (χ0) is 8.58. The highest BCUT2D eigenvalue weighted by molar-refractivity contribution is 9.40. The van der Waals surface area contributed by atoms with Gasteiger partial charge in [0.1, 0.15) is 4.83 Å². The topological polar surface area (TPSA) is 0 Å². The molecule has 7 heteroatoms. The molecule has 0 aromatic rings. The Morgan fingerprint density at radius 1 is 1.00 bits per heavy atom. The van der Waals surface area contributed by atoms with Crippen molar-refractivity contribution in [3.05, 3.63) is 0 Å². The van der Waals surface area contributed by atoms with Crippen LogP contribution in [0, 0.1) is 0 Å². The highest BCUT2D eigenvalue weighted by Crippen LogP contribution is 2.47. The van der Waals surface area contributed by atoms with Crippen molar-refractivity contribution in [2.45, 2.75) is 13.1 Å². The predicted molar refractivity (Wildman–Crippen MR) is 48.3 cm³/mol. The minimum atomic E-state index is -4.28. The molecule has 1 unspecified atom stereocenters. The van der Waals surface area contributed by atoms with E-state index in [1.165, 1.54) is 0 Å². The number of rotatable bonds is 0. The Kier molecular flexibility index (Phi) is 4.23. The van der Waals surface area contributed by atoms with Crippen molar-refractivity contribution in [1.82, 2.24) is 0 Å². The molecule has 0 heterocycles. The molecule has 10 heavy (non-hydrogen) atoms. The molecule has 0 aliphatic heterocycles. The van der Waals surface area contributed by atoms with Crippen molar-refractivity contribution in [1.29, 1.82) is 0 Å². The molecule has 0 bridgehead atoms. The fourth-order valence-electron chi connectivity index (χ4n) is 0.186. The van der Waals surface area contributed by atoms with Crippen molar-refractivity contribution in [3.63, 3.8) is 0 Å². The lowest BCUT2D eigenvalue weighted by Crippen LogP contribution is -2.33. The summed E-state index contributed by atoms with van der Waals surface area (Å²) in [5.74, 6) is 0. The van der Waals surface area contributed by atoms with Crippen molar-refractivity contribution in [3.8, 4) is 0 Å². The van der Waals surface area contributed by atoms with E-state index in [1.54, 1.807) is 0 Å². The van der Waals surface area contributed by atoms with Gasteiger partial charge in [-0.2, -0.15) is 13.2 Å². The number of hydrogen-bond donors (Lipinski definition) is 0. The van der Waals surface area contributed by atoms with Crippen molar-refractivity contribution < 1.29 is 13.2 Å². The molecule has 0 aromatic heterocycles. The second-order valence-electron chi connectivity index (χ2n) is 1.45. The summed E-state index contributed by atoms with van der Waals surface area (Å²) in [5, 5.41) is 0. The second-order valence-corrected chi connectivity index (χ2v) is 9.31. The average molecular weight is 414 g/mol. The lowest BCUT2D eigenvalue weighted by Gasteiger charge is -2.21. The monoisotopic (exact) mass is 410 g/mol. The van der Waals surface area contributed by atoms with Crippen LogP contribution in [0.25, 0.3) is 0 Å². The first-order valence-electron chi connectivity index (χ1n) is 1.93. The molecule has 0 amide bonds. The molecule has 0 spiro atoms. The Balaban J connectivity index is 4.23. The van der Waals surface area contributed by atoms with Gasteiger partial charge in [-0.25, -0.2) is 0 Å². The number of halogens is 7. The molecule has 62 valence electrons. The lowest BCUT2D eigenvalue weighted by atomic mass is 10.5. The van der Waals surface area contributed by atoms with Crippen molar-refractivity contribution >= 4 is 63.7 Å². The van der Waals surface area contributed by atoms with E-state index < -0.39 is 13.1 Å². The first-order chi connectivity index (χ1) is 4.15. The molecule has 0 radical (unpaired) electrons. The van der Waals surface area contributed by atoms with Crippen LogP contribution in [0.2, 0.25) is 0 Å². The van der Waals surface area contributed by atoms with E-state index in [1.807, 2.05) is 0 Å². The van der Waals surface area contributed by atoms with Crippen LogP contribution in [0.5, 0.6) is 0 Å². The minimum Gasteiger partial charge on any atom is -0.170 e. The fraction of sp³-hybridized carbons (Fsp3) is 1.00. The quantitative estimate of drug-likeness (QED) is 0.524. The lowest BCUT2D eigenvalue weighted by molar-refractivity contribution is -0.124. The van der Waals surface area contributed by atoms with Crippen molar-refractivity contribution in [2.24, 2.45) is 0 Å². The SMILES string of the molecule is FC(F)(F)C(Br)C(Br)(Br)Br. The van der Waals surface area contributed by atoms with Crippen LogP contribution in [0.3, 0.4) is 0 Å². The zero-order valence-corrected chi connectivity index (χ0v) is 10.6. The van der Waals surface area contributed by atoms with E-state index >= 15 is 0 Å². The van der Waals surface area contributed by atoms with E-state index in [0.717, 1.165) is 0 Å². The summed E-state index contributed by atoms with van der Waals surface area (Å²) in [6.45, 7) is 0. The van der Waals surface area contributed by atoms with Gasteiger partial charge >= 0.3 is 6.18 Å². The molecule has 0 aliphatic rings. The van der Waals surface area contributed by atoms with Gasteiger partial charge < -0.3 is 0 Å². The van der Waals surface area contributed by atoms with Crippen LogP contribution < -0.4 is 0 Å². The summed E-state index contributed by atoms with van der Waals surface area (Å²) in [6.07, 6.45) is -4.28. The van der Waals surface area contributed by atoms with Crippen molar-refractivity contribution in [2.75, 3.05) is 0 Å². The molecule has 0 saturated heterocycles. The van der Waals surface area contributed by atoms with Gasteiger partial charge in [-0.1, -0.05) is 63.7 Å². The van der Waals surface area contributed by atoms with Gasteiger partial charge in [0.2, 0.25) is 0 Å². The highest BCUT2D eigenvalue weighted by atomic mass is 80.0. The Bertz CT molecular complexity index is 99.9. The van der Waals surface area contributed by atoms with Gasteiger partial charge in [-0.15, -0.1) is 0 Å². The standard InChI is InChI=1S/C3HBr4F3/c4-1(2(5,6)7)3(8,9)10/h1H. The van der Waals surface area contributed by atoms with E-state index in [2.05, 4.69) is 63.7 Å². The van der Waals surface area contributed by atoms with Gasteiger partial charge in [0.25, 0.3) is 0 Å². The Morgan fingerprint density at radius 2 is 1.30 bits per heavy atom. The van der Waals surface area contributed by atoms with Crippen LogP contribution in [-0.2, 0) is 0 Å². The maximum absolute atomic E-state index is 11.8. The molecular weight excluding hydrogens is 413 g/mol. The zero-order valence-electron chi connectivity index (χ0n) is 4.22. The van der Waals surface area contributed by atoms with Crippen LogP contribution in [0.15, 0.2) is 0 Å². The van der Waals surface area contributed by atoms with Gasteiger partial charge in [0.05, 0.1) is 0 Å². The minimum absolute atomic E-state index is 1.33. The molecule has 0 fully saturated rings. The van der Waals surface area contributed by atoms with Crippen LogP contribution in [0.4, 0.5) is 13.2 Å². The molecule has 0 N–H and O–H groups in total. The van der Waals surface area contributed by atoms with E-state index in [0.29, 0.717) is 0 Å². The molecule has 0 aliphatic carbocycles. The summed E-state index contributed by atoms with van der Waals surface area (Å²) in [5.41, 5.74) is 0. The molecule has 1 atom stereocenters. The summed E-state index contributed by atoms with van der Waals surface area (Å²) in [7, 11) is 0. The van der Waals surface area contributed by atoms with Crippen LogP contribution in [-0.4, -0.2) is 13.1 Å². The first-order valence-corrected chi connectivity index (χ1v) is 5.22. The summed E-state index contributed by atoms with van der Waals surface area (Å²) in [6, 6.07) is 0. The van der Waals surface area contributed by atoms with E-state index in [9.17, 15) is 13.2 Å². The van der Waals surface area contributed by atoms with Crippen LogP contribution in [0.1, 0.15) is 0 Å². The normalized spacial score (nSPS) is 17.1. The third-order valence-electron chi connectivity index (χ3n) is 0.575. The number of hydrogen-bond acceptors (Lipinski definition) is 0. The predicted octanol–water partition coefficient (Wildman–Crippen LogP) is 4.15. The number of alkyl halides is 7. The van der Waals surface area contributed by atoms with Crippen LogP contribution >= 0.6 is 63.7 Å².